The number of benzene rings is 2. The van der Waals surface area contributed by atoms with Gasteiger partial charge >= 0.3 is 0 Å². The number of amides is 1. The standard InChI is InChI=1S/C18H18BrNO2/c1-18(2)14-8-9-15(19)13(16(14)20-17(18)21)10-11-4-6-12(22-3)7-5-11/h4-9H,10H2,1-3H3,(H,20,21). The van der Waals surface area contributed by atoms with Crippen LogP contribution in [0.4, 0.5) is 5.69 Å². The largest absolute Gasteiger partial charge is 0.497 e. The number of carbonyl (C=O) groups is 1. The van der Waals surface area contributed by atoms with Crippen LogP contribution in [0.5, 0.6) is 5.75 Å². The quantitative estimate of drug-likeness (QED) is 0.887. The van der Waals surface area contributed by atoms with Crippen LogP contribution in [0.15, 0.2) is 40.9 Å². The maximum Gasteiger partial charge on any atom is 0.234 e. The number of fused-ring (bicyclic) bond motifs is 1. The zero-order valence-electron chi connectivity index (χ0n) is 12.9. The molecule has 1 N–H and O–H groups in total. The molecular weight excluding hydrogens is 342 g/mol. The van der Waals surface area contributed by atoms with E-state index in [2.05, 4.69) is 21.2 Å². The lowest BCUT2D eigenvalue weighted by Gasteiger charge is -2.16. The molecule has 0 saturated heterocycles. The molecule has 0 saturated carbocycles. The van der Waals surface area contributed by atoms with Gasteiger partial charge in [0.25, 0.3) is 0 Å². The van der Waals surface area contributed by atoms with Crippen LogP contribution in [0.1, 0.15) is 30.5 Å². The van der Waals surface area contributed by atoms with Crippen LogP contribution in [-0.2, 0) is 16.6 Å². The van der Waals surface area contributed by atoms with Crippen molar-refractivity contribution in [3.63, 3.8) is 0 Å². The van der Waals surface area contributed by atoms with Gasteiger partial charge in [0.05, 0.1) is 12.5 Å². The van der Waals surface area contributed by atoms with Gasteiger partial charge < -0.3 is 10.1 Å². The molecule has 0 radical (unpaired) electrons. The van der Waals surface area contributed by atoms with Gasteiger partial charge in [0, 0.05) is 16.6 Å². The first kappa shape index (κ1) is 15.1. The van der Waals surface area contributed by atoms with Crippen molar-refractivity contribution < 1.29 is 9.53 Å². The Morgan fingerprint density at radius 2 is 1.82 bits per heavy atom. The molecule has 2 aromatic carbocycles. The summed E-state index contributed by atoms with van der Waals surface area (Å²) in [5.74, 6) is 0.895. The fraction of sp³-hybridized carbons (Fsp3) is 0.278. The second-order valence-electron chi connectivity index (χ2n) is 6.05. The summed E-state index contributed by atoms with van der Waals surface area (Å²) < 4.78 is 6.21. The summed E-state index contributed by atoms with van der Waals surface area (Å²) in [6.07, 6.45) is 0.754. The monoisotopic (exact) mass is 359 g/mol. The molecule has 4 heteroatoms. The minimum Gasteiger partial charge on any atom is -0.497 e. The molecule has 0 fully saturated rings. The third-order valence-corrected chi connectivity index (χ3v) is 5.02. The van der Waals surface area contributed by atoms with Crippen molar-refractivity contribution in [3.8, 4) is 5.75 Å². The Labute approximate surface area is 138 Å². The zero-order valence-corrected chi connectivity index (χ0v) is 14.5. The van der Waals surface area contributed by atoms with Gasteiger partial charge in [-0.25, -0.2) is 0 Å². The maximum absolute atomic E-state index is 12.2. The number of rotatable bonds is 3. The van der Waals surface area contributed by atoms with Crippen LogP contribution in [0.2, 0.25) is 0 Å². The summed E-state index contributed by atoms with van der Waals surface area (Å²) in [4.78, 5) is 12.2. The second kappa shape index (κ2) is 5.43. The molecule has 1 aliphatic heterocycles. The summed E-state index contributed by atoms with van der Waals surface area (Å²) in [6, 6.07) is 12.1. The van der Waals surface area contributed by atoms with Gasteiger partial charge in [-0.05, 0) is 48.7 Å². The molecule has 114 valence electrons. The average molecular weight is 360 g/mol. The highest BCUT2D eigenvalue weighted by molar-refractivity contribution is 9.10. The molecule has 0 bridgehead atoms. The lowest BCUT2D eigenvalue weighted by molar-refractivity contribution is -0.119. The third-order valence-electron chi connectivity index (χ3n) is 4.28. The number of carbonyl (C=O) groups excluding carboxylic acids is 1. The molecule has 3 rings (SSSR count). The van der Waals surface area contributed by atoms with E-state index in [1.165, 1.54) is 5.56 Å². The minimum absolute atomic E-state index is 0.0524. The molecule has 3 nitrogen and oxygen atoms in total. The lowest BCUT2D eigenvalue weighted by Crippen LogP contribution is -2.26. The van der Waals surface area contributed by atoms with Crippen molar-refractivity contribution in [2.45, 2.75) is 25.7 Å². The summed E-state index contributed by atoms with van der Waals surface area (Å²) in [7, 11) is 1.66. The van der Waals surface area contributed by atoms with Gasteiger partial charge in [0.15, 0.2) is 0 Å². The minimum atomic E-state index is -0.481. The van der Waals surface area contributed by atoms with Crippen LogP contribution in [0.25, 0.3) is 0 Å². The number of hydrogen-bond acceptors (Lipinski definition) is 2. The predicted molar refractivity (Wildman–Crippen MR) is 91.6 cm³/mol. The maximum atomic E-state index is 12.2. The Bertz CT molecular complexity index is 735. The molecule has 0 aromatic heterocycles. The molecule has 0 unspecified atom stereocenters. The molecule has 2 aromatic rings. The van der Waals surface area contributed by atoms with Gasteiger partial charge in [-0.1, -0.05) is 34.1 Å². The van der Waals surface area contributed by atoms with Gasteiger partial charge in [0.2, 0.25) is 5.91 Å². The van der Waals surface area contributed by atoms with Crippen molar-refractivity contribution >= 4 is 27.5 Å². The molecule has 0 atom stereocenters. The first-order chi connectivity index (χ1) is 10.4. The zero-order chi connectivity index (χ0) is 15.9. The third kappa shape index (κ3) is 2.41. The number of methoxy groups -OCH3 is 1. The highest BCUT2D eigenvalue weighted by Crippen LogP contribution is 2.42. The first-order valence-corrected chi connectivity index (χ1v) is 7.99. The highest BCUT2D eigenvalue weighted by Gasteiger charge is 2.39. The lowest BCUT2D eigenvalue weighted by atomic mass is 9.85. The Kier molecular flexibility index (Phi) is 3.73. The van der Waals surface area contributed by atoms with Gasteiger partial charge in [-0.2, -0.15) is 0 Å². The van der Waals surface area contributed by atoms with Crippen molar-refractivity contribution in [3.05, 3.63) is 57.6 Å². The van der Waals surface area contributed by atoms with Crippen LogP contribution in [0.3, 0.4) is 0 Å². The summed E-state index contributed by atoms with van der Waals surface area (Å²) >= 11 is 3.62. The van der Waals surface area contributed by atoms with E-state index in [1.54, 1.807) is 7.11 Å². The van der Waals surface area contributed by atoms with Gasteiger partial charge in [-0.3, -0.25) is 4.79 Å². The van der Waals surface area contributed by atoms with Crippen LogP contribution in [-0.4, -0.2) is 13.0 Å². The molecule has 1 amide bonds. The van der Waals surface area contributed by atoms with E-state index in [9.17, 15) is 4.79 Å². The van der Waals surface area contributed by atoms with Gasteiger partial charge in [0.1, 0.15) is 5.75 Å². The van der Waals surface area contributed by atoms with E-state index in [1.807, 2.05) is 50.2 Å². The SMILES string of the molecule is COc1ccc(Cc2c(Br)ccc3c2NC(=O)C3(C)C)cc1. The van der Waals surface area contributed by atoms with Gasteiger partial charge in [-0.15, -0.1) is 0 Å². The topological polar surface area (TPSA) is 38.3 Å². The van der Waals surface area contributed by atoms with E-state index in [-0.39, 0.29) is 5.91 Å². The normalized spacial score (nSPS) is 15.4. The molecule has 1 heterocycles. The molecular formula is C18H18BrNO2. The number of ether oxygens (including phenoxy) is 1. The molecule has 22 heavy (non-hydrogen) atoms. The van der Waals surface area contributed by atoms with Crippen molar-refractivity contribution in [2.24, 2.45) is 0 Å². The molecule has 0 spiro atoms. The van der Waals surface area contributed by atoms with E-state index < -0.39 is 5.41 Å². The summed E-state index contributed by atoms with van der Waals surface area (Å²) in [5, 5.41) is 3.05. The van der Waals surface area contributed by atoms with E-state index in [0.717, 1.165) is 33.5 Å². The Morgan fingerprint density at radius 3 is 2.45 bits per heavy atom. The van der Waals surface area contributed by atoms with Crippen LogP contribution < -0.4 is 10.1 Å². The number of anilines is 1. The highest BCUT2D eigenvalue weighted by atomic mass is 79.9. The average Bonchev–Trinajstić information content (AvgIpc) is 2.73. The molecule has 0 aliphatic carbocycles. The summed E-state index contributed by atoms with van der Waals surface area (Å²) in [6.45, 7) is 3.92. The van der Waals surface area contributed by atoms with Crippen molar-refractivity contribution in [2.75, 3.05) is 12.4 Å². The van der Waals surface area contributed by atoms with Crippen LogP contribution >= 0.6 is 15.9 Å². The number of nitrogens with one attached hydrogen (secondary N) is 1. The summed E-state index contributed by atoms with van der Waals surface area (Å²) in [5.41, 5.74) is 3.81. The van der Waals surface area contributed by atoms with E-state index >= 15 is 0 Å². The van der Waals surface area contributed by atoms with Crippen molar-refractivity contribution in [1.29, 1.82) is 0 Å². The Balaban J connectivity index is 2.01. The Morgan fingerprint density at radius 1 is 1.14 bits per heavy atom. The predicted octanol–water partition coefficient (Wildman–Crippen LogP) is 4.28. The van der Waals surface area contributed by atoms with E-state index in [4.69, 9.17) is 4.74 Å². The number of halogens is 1. The van der Waals surface area contributed by atoms with Crippen molar-refractivity contribution in [1.82, 2.24) is 0 Å². The van der Waals surface area contributed by atoms with E-state index in [0.29, 0.717) is 0 Å². The Hall–Kier alpha value is -1.81. The second-order valence-corrected chi connectivity index (χ2v) is 6.91. The smallest absolute Gasteiger partial charge is 0.234 e. The number of hydrogen-bond donors (Lipinski definition) is 1. The fourth-order valence-electron chi connectivity index (χ4n) is 2.80. The molecule has 1 aliphatic rings. The van der Waals surface area contributed by atoms with Crippen LogP contribution in [0, 0.1) is 0 Å². The first-order valence-electron chi connectivity index (χ1n) is 7.19. The fourth-order valence-corrected chi connectivity index (χ4v) is 3.27.